The van der Waals surface area contributed by atoms with Crippen molar-refractivity contribution in [1.29, 1.82) is 0 Å². The number of anilines is 1. The van der Waals surface area contributed by atoms with Crippen LogP contribution in [0.15, 0.2) is 22.1 Å². The number of hydrogen-bond donors (Lipinski definition) is 3. The van der Waals surface area contributed by atoms with Gasteiger partial charge in [-0.05, 0) is 13.0 Å². The molecule has 34 heavy (non-hydrogen) atoms. The minimum atomic E-state index is -1.23. The molecule has 0 radical (unpaired) electrons. The fourth-order valence-corrected chi connectivity index (χ4v) is 6.26. The summed E-state index contributed by atoms with van der Waals surface area (Å²) in [6.45, 7) is 1.86. The van der Waals surface area contributed by atoms with Crippen LogP contribution in [0.4, 0.5) is 5.13 Å². The molecule has 2 fully saturated rings. The number of thiazole rings is 2. The fraction of sp³-hybridized carbons (Fsp3) is 0.368. The topological polar surface area (TPSA) is 160 Å². The molecule has 4 heterocycles. The van der Waals surface area contributed by atoms with Crippen molar-refractivity contribution < 1.29 is 55.3 Å². The Kier molecular flexibility index (Phi) is 8.42. The zero-order chi connectivity index (χ0) is 23.8. The van der Waals surface area contributed by atoms with Crippen LogP contribution in [0.5, 0.6) is 0 Å². The van der Waals surface area contributed by atoms with Gasteiger partial charge < -0.3 is 27.3 Å². The quantitative estimate of drug-likeness (QED) is 0.161. The Morgan fingerprint density at radius 3 is 2.82 bits per heavy atom. The van der Waals surface area contributed by atoms with Crippen LogP contribution in [0.3, 0.4) is 0 Å². The molecule has 0 aliphatic carbocycles. The second kappa shape index (κ2) is 10.7. The number of oxime groups is 1. The zero-order valence-electron chi connectivity index (χ0n) is 19.5. The average molecular weight is 533 g/mol. The van der Waals surface area contributed by atoms with E-state index in [2.05, 4.69) is 20.4 Å². The number of β-lactam (4-membered cyclic amide) rings is 1. The third kappa shape index (κ3) is 5.02. The number of carbonyl (C=O) groups is 3. The number of fused-ring (bicyclic) bond motifs is 1. The van der Waals surface area contributed by atoms with Crippen molar-refractivity contribution in [1.82, 2.24) is 20.2 Å². The Labute approximate surface area is 230 Å². The van der Waals surface area contributed by atoms with Gasteiger partial charge in [0.1, 0.15) is 29.6 Å². The minimum absolute atomic E-state index is 0. The summed E-state index contributed by atoms with van der Waals surface area (Å²) in [5.74, 6) is -1.75. The number of amides is 2. The maximum absolute atomic E-state index is 12.8. The molecule has 15 heteroatoms. The normalized spacial score (nSPS) is 24.2. The van der Waals surface area contributed by atoms with Gasteiger partial charge in [0, 0.05) is 22.6 Å². The standard InChI is InChI=1S/C19H20N6O5S3.Na.H/c1-9-11(33-8-21-9)3-4-19(17(28)29)6-25-15(27)13(16(25)32-7-19)23-14(26)12(24-30-2)10-5-31-18(20)22-10;;/h3-5,8,13,16H,6-7H2,1-2H3,(H2,20,22)(H,23,26)(H,28,29);;/q;+1;-1/t13?,16-,19?;;/m1../s1. The largest absolute Gasteiger partial charge is 1.00 e. The number of aromatic nitrogens is 2. The molecule has 176 valence electrons. The number of nitrogens with one attached hydrogen (secondary N) is 1. The van der Waals surface area contributed by atoms with Gasteiger partial charge >= 0.3 is 35.5 Å². The molecule has 0 aromatic carbocycles. The van der Waals surface area contributed by atoms with Crippen LogP contribution in [0, 0.1) is 12.3 Å². The molecule has 2 aliphatic rings. The third-order valence-corrected chi connectivity index (χ3v) is 8.44. The van der Waals surface area contributed by atoms with Gasteiger partial charge in [0.15, 0.2) is 10.8 Å². The van der Waals surface area contributed by atoms with Gasteiger partial charge in [-0.25, -0.2) is 9.97 Å². The molecule has 2 aromatic rings. The second-order valence-electron chi connectivity index (χ2n) is 7.41. The smallest absolute Gasteiger partial charge is 1.00 e. The van der Waals surface area contributed by atoms with Gasteiger partial charge in [-0.1, -0.05) is 11.2 Å². The van der Waals surface area contributed by atoms with Crippen molar-refractivity contribution in [2.45, 2.75) is 18.3 Å². The third-order valence-electron chi connectivity index (χ3n) is 5.32. The first-order valence-corrected chi connectivity index (χ1v) is 12.4. The average Bonchev–Trinajstić information content (AvgIpc) is 3.41. The summed E-state index contributed by atoms with van der Waals surface area (Å²) >= 11 is 3.87. The van der Waals surface area contributed by atoms with Crippen molar-refractivity contribution in [3.05, 3.63) is 33.2 Å². The summed E-state index contributed by atoms with van der Waals surface area (Å²) in [7, 11) is 1.29. The van der Waals surface area contributed by atoms with Crippen molar-refractivity contribution in [2.75, 3.05) is 25.1 Å². The number of carboxylic acid groups (broad SMARTS) is 1. The monoisotopic (exact) mass is 532 g/mol. The van der Waals surface area contributed by atoms with Crippen molar-refractivity contribution in [3.63, 3.8) is 0 Å². The first-order chi connectivity index (χ1) is 15.8. The van der Waals surface area contributed by atoms with E-state index in [0.717, 1.165) is 21.9 Å². The van der Waals surface area contributed by atoms with Gasteiger partial charge in [0.25, 0.3) is 5.91 Å². The molecule has 0 spiro atoms. The molecule has 11 nitrogen and oxygen atoms in total. The van der Waals surface area contributed by atoms with E-state index in [1.807, 2.05) is 6.92 Å². The summed E-state index contributed by atoms with van der Waals surface area (Å²) in [5, 5.41) is 17.8. The van der Waals surface area contributed by atoms with Crippen LogP contribution < -0.4 is 40.6 Å². The van der Waals surface area contributed by atoms with Crippen LogP contribution >= 0.6 is 34.4 Å². The summed E-state index contributed by atoms with van der Waals surface area (Å²) < 4.78 is 0. The number of nitrogens with zero attached hydrogens (tertiary/aromatic N) is 4. The first-order valence-electron chi connectivity index (χ1n) is 9.64. The number of hydrogen-bond acceptors (Lipinski definition) is 11. The van der Waals surface area contributed by atoms with E-state index in [4.69, 9.17) is 10.6 Å². The van der Waals surface area contributed by atoms with Gasteiger partial charge in [-0.3, -0.25) is 14.4 Å². The number of thioether (sulfide) groups is 1. The van der Waals surface area contributed by atoms with Crippen LogP contribution in [0.2, 0.25) is 0 Å². The molecule has 4 N–H and O–H groups in total. The molecule has 2 aliphatic heterocycles. The summed E-state index contributed by atoms with van der Waals surface area (Å²) in [5.41, 5.74) is 7.06. The number of carboxylic acids is 1. The zero-order valence-corrected chi connectivity index (χ0v) is 23.0. The number of aryl methyl sites for hydroxylation is 1. The maximum atomic E-state index is 12.8. The fourth-order valence-electron chi connectivity index (χ4n) is 3.50. The number of nitrogens with two attached hydrogens (primary N) is 1. The molecule has 3 atom stereocenters. The van der Waals surface area contributed by atoms with Crippen molar-refractivity contribution >= 4 is 69.1 Å². The molecule has 2 unspecified atom stereocenters. The van der Waals surface area contributed by atoms with Gasteiger partial charge in [-0.15, -0.1) is 34.4 Å². The van der Waals surface area contributed by atoms with Crippen LogP contribution in [0.25, 0.3) is 6.08 Å². The van der Waals surface area contributed by atoms with E-state index in [1.54, 1.807) is 23.0 Å². The Bertz CT molecular complexity index is 1170. The van der Waals surface area contributed by atoms with Crippen LogP contribution in [-0.4, -0.2) is 74.3 Å². The van der Waals surface area contributed by atoms with Gasteiger partial charge in [0.2, 0.25) is 5.91 Å². The van der Waals surface area contributed by atoms with E-state index in [0.29, 0.717) is 0 Å². The van der Waals surface area contributed by atoms with Crippen molar-refractivity contribution in [3.8, 4) is 0 Å². The summed E-state index contributed by atoms with van der Waals surface area (Å²) in [4.78, 5) is 53.1. The van der Waals surface area contributed by atoms with E-state index in [1.165, 1.54) is 35.1 Å². The Morgan fingerprint density at radius 2 is 2.24 bits per heavy atom. The van der Waals surface area contributed by atoms with E-state index in [9.17, 15) is 19.5 Å². The predicted octanol–water partition coefficient (Wildman–Crippen LogP) is -1.86. The summed E-state index contributed by atoms with van der Waals surface area (Å²) in [6.07, 6.45) is 3.38. The molecule has 0 saturated carbocycles. The first kappa shape index (κ1) is 26.6. The molecular weight excluding hydrogens is 511 g/mol. The van der Waals surface area contributed by atoms with Crippen molar-refractivity contribution in [2.24, 2.45) is 10.6 Å². The molecule has 4 rings (SSSR count). The Hall–Kier alpha value is -1.97. The molecule has 0 bridgehead atoms. The van der Waals surface area contributed by atoms with E-state index < -0.39 is 23.3 Å². The summed E-state index contributed by atoms with van der Waals surface area (Å²) in [6, 6.07) is -0.806. The number of nitrogen functional groups attached to an aromatic ring is 1. The van der Waals surface area contributed by atoms with E-state index >= 15 is 0 Å². The number of carbonyl (C=O) groups excluding carboxylic acids is 2. The van der Waals surface area contributed by atoms with E-state index in [-0.39, 0.29) is 71.1 Å². The molecule has 2 saturated heterocycles. The van der Waals surface area contributed by atoms with Gasteiger partial charge in [-0.2, -0.15) is 0 Å². The SMILES string of the molecule is CON=C(C(=O)NC1C(=O)N2CC(C=Cc3scnc3C)(C(=O)O)CS[C@H]12)c1csc(N)n1.[H-].[Na+]. The Balaban J connectivity index is 0.00000216. The number of rotatable bonds is 7. The molecule has 2 amide bonds. The van der Waals surface area contributed by atoms with Gasteiger partial charge in [0.05, 0.1) is 11.2 Å². The second-order valence-corrected chi connectivity index (χ2v) is 10.3. The molecule has 2 aromatic heterocycles. The maximum Gasteiger partial charge on any atom is 1.00 e. The number of aliphatic carboxylic acids is 1. The van der Waals surface area contributed by atoms with Crippen LogP contribution in [0.1, 0.15) is 17.7 Å². The molecular formula is C19H21N6NaO5S3. The Morgan fingerprint density at radius 1 is 1.47 bits per heavy atom. The predicted molar refractivity (Wildman–Crippen MR) is 127 cm³/mol. The van der Waals surface area contributed by atoms with Crippen LogP contribution in [-0.2, 0) is 19.2 Å². The minimum Gasteiger partial charge on any atom is -1.00 e.